The second-order valence-electron chi connectivity index (χ2n) is 7.13. The molecule has 0 radical (unpaired) electrons. The summed E-state index contributed by atoms with van der Waals surface area (Å²) in [7, 11) is 0.474. The minimum absolute atomic E-state index is 0.0148. The Morgan fingerprint density at radius 1 is 0.912 bits per heavy atom. The Morgan fingerprint density at radius 2 is 1.62 bits per heavy atom. The van der Waals surface area contributed by atoms with Crippen molar-refractivity contribution in [2.24, 2.45) is 0 Å². The highest BCUT2D eigenvalue weighted by atomic mass is 35.5. The van der Waals surface area contributed by atoms with Gasteiger partial charge >= 0.3 is 0 Å². The number of nitrogens with zero attached hydrogens (tertiary/aromatic N) is 1. The number of benzene rings is 3. The zero-order valence-corrected chi connectivity index (χ0v) is 20.5. The molecule has 0 saturated carbocycles. The van der Waals surface area contributed by atoms with E-state index in [1.165, 1.54) is 39.5 Å². The van der Waals surface area contributed by atoms with Gasteiger partial charge in [-0.25, -0.2) is 8.42 Å². The van der Waals surface area contributed by atoms with Crippen LogP contribution in [-0.4, -0.2) is 42.2 Å². The number of anilines is 1. The van der Waals surface area contributed by atoms with Crippen LogP contribution in [0.15, 0.2) is 71.6 Å². The van der Waals surface area contributed by atoms with Gasteiger partial charge in [-0.1, -0.05) is 23.7 Å². The van der Waals surface area contributed by atoms with E-state index in [4.69, 9.17) is 25.8 Å². The molecule has 0 bridgehead atoms. The minimum atomic E-state index is -4.07. The van der Waals surface area contributed by atoms with Gasteiger partial charge in [-0.05, 0) is 60.2 Å². The second-order valence-corrected chi connectivity index (χ2v) is 9.43. The Morgan fingerprint density at radius 3 is 2.24 bits per heavy atom. The zero-order chi connectivity index (χ0) is 24.7. The molecule has 0 spiro atoms. The molecule has 1 N–H and O–H groups in total. The fourth-order valence-electron chi connectivity index (χ4n) is 3.20. The molecule has 3 rings (SSSR count). The Labute approximate surface area is 204 Å². The van der Waals surface area contributed by atoms with E-state index in [1.54, 1.807) is 48.5 Å². The van der Waals surface area contributed by atoms with Crippen LogP contribution in [0.2, 0.25) is 5.02 Å². The lowest BCUT2D eigenvalue weighted by Crippen LogP contribution is -2.40. The van der Waals surface area contributed by atoms with Gasteiger partial charge in [0.15, 0.2) is 11.5 Å². The number of carbonyl (C=O) groups excluding carboxylic acids is 1. The van der Waals surface area contributed by atoms with Crippen LogP contribution in [0.3, 0.4) is 0 Å². The number of halogens is 1. The lowest BCUT2D eigenvalue weighted by molar-refractivity contribution is -0.119. The van der Waals surface area contributed by atoms with E-state index in [1.807, 2.05) is 0 Å². The first-order chi connectivity index (χ1) is 16.3. The number of hydrogen-bond donors (Lipinski definition) is 1. The monoisotopic (exact) mass is 504 g/mol. The van der Waals surface area contributed by atoms with Gasteiger partial charge in [-0.2, -0.15) is 0 Å². The molecule has 3 aromatic carbocycles. The average molecular weight is 505 g/mol. The van der Waals surface area contributed by atoms with Crippen LogP contribution in [0, 0.1) is 0 Å². The number of ether oxygens (including phenoxy) is 3. The van der Waals surface area contributed by atoms with E-state index in [9.17, 15) is 13.2 Å². The van der Waals surface area contributed by atoms with Gasteiger partial charge in [0.1, 0.15) is 12.3 Å². The summed E-state index contributed by atoms with van der Waals surface area (Å²) in [5.74, 6) is 1.11. The normalized spacial score (nSPS) is 10.9. The third kappa shape index (κ3) is 5.92. The maximum absolute atomic E-state index is 13.4. The smallest absolute Gasteiger partial charge is 0.264 e. The molecule has 10 heteroatoms. The van der Waals surface area contributed by atoms with Crippen LogP contribution in [0.25, 0.3) is 0 Å². The summed E-state index contributed by atoms with van der Waals surface area (Å²) in [4.78, 5) is 12.8. The average Bonchev–Trinajstić information content (AvgIpc) is 2.85. The lowest BCUT2D eigenvalue weighted by Gasteiger charge is -2.24. The molecular weight excluding hydrogens is 480 g/mol. The molecular formula is C24H25ClN2O6S. The van der Waals surface area contributed by atoms with Crippen LogP contribution in [0.4, 0.5) is 5.69 Å². The van der Waals surface area contributed by atoms with Gasteiger partial charge in [-0.15, -0.1) is 0 Å². The Bertz CT molecular complexity index is 1250. The fourth-order valence-corrected chi connectivity index (χ4v) is 4.80. The fraction of sp³-hybridized carbons (Fsp3) is 0.208. The first-order valence-electron chi connectivity index (χ1n) is 10.2. The number of methoxy groups -OCH3 is 3. The maximum Gasteiger partial charge on any atom is 0.264 e. The lowest BCUT2D eigenvalue weighted by atomic mass is 10.2. The summed E-state index contributed by atoms with van der Waals surface area (Å²) in [5.41, 5.74) is 1.03. The standard InChI is InChI=1S/C24H25ClN2O6S/c1-31-20-8-10-21(11-9-20)34(29,30)27(19-6-4-5-18(25)14-19)16-24(28)26-15-17-7-12-22(32-2)23(13-17)33-3/h4-14H,15-16H2,1-3H3,(H,26,28). The van der Waals surface area contributed by atoms with Crippen LogP contribution >= 0.6 is 11.6 Å². The molecule has 180 valence electrons. The summed E-state index contributed by atoms with van der Waals surface area (Å²) in [5, 5.41) is 3.10. The summed E-state index contributed by atoms with van der Waals surface area (Å²) >= 11 is 6.09. The topological polar surface area (TPSA) is 94.2 Å². The Kier molecular flexibility index (Phi) is 8.25. The highest BCUT2D eigenvalue weighted by molar-refractivity contribution is 7.92. The predicted molar refractivity (Wildman–Crippen MR) is 130 cm³/mol. The molecule has 0 saturated heterocycles. The van der Waals surface area contributed by atoms with Crippen molar-refractivity contribution in [3.05, 3.63) is 77.3 Å². The van der Waals surface area contributed by atoms with E-state index >= 15 is 0 Å². The van der Waals surface area contributed by atoms with Gasteiger partial charge in [0, 0.05) is 11.6 Å². The van der Waals surface area contributed by atoms with Gasteiger partial charge in [0.25, 0.3) is 10.0 Å². The molecule has 0 aliphatic carbocycles. The molecule has 34 heavy (non-hydrogen) atoms. The quantitative estimate of drug-likeness (QED) is 0.450. The molecule has 0 atom stereocenters. The molecule has 3 aromatic rings. The highest BCUT2D eigenvalue weighted by Crippen LogP contribution is 2.28. The summed E-state index contributed by atoms with van der Waals surface area (Å²) in [6, 6.07) is 17.5. The third-order valence-corrected chi connectivity index (χ3v) is 6.99. The zero-order valence-electron chi connectivity index (χ0n) is 18.9. The number of hydrogen-bond acceptors (Lipinski definition) is 6. The Hall–Kier alpha value is -3.43. The van der Waals surface area contributed by atoms with E-state index in [2.05, 4.69) is 5.32 Å². The number of rotatable bonds is 10. The van der Waals surface area contributed by atoms with Crippen LogP contribution in [0.1, 0.15) is 5.56 Å². The second kappa shape index (κ2) is 11.1. The molecule has 0 aromatic heterocycles. The summed E-state index contributed by atoms with van der Waals surface area (Å²) in [6.07, 6.45) is 0. The van der Waals surface area contributed by atoms with E-state index in [0.717, 1.165) is 9.87 Å². The van der Waals surface area contributed by atoms with Gasteiger partial charge in [0.05, 0.1) is 31.9 Å². The molecule has 0 aliphatic heterocycles. The number of nitrogens with one attached hydrogen (secondary N) is 1. The van der Waals surface area contributed by atoms with E-state index in [0.29, 0.717) is 22.3 Å². The number of carbonyl (C=O) groups is 1. The van der Waals surface area contributed by atoms with Crippen molar-refractivity contribution in [1.29, 1.82) is 0 Å². The van der Waals surface area contributed by atoms with Crippen molar-refractivity contribution in [3.63, 3.8) is 0 Å². The van der Waals surface area contributed by atoms with Crippen molar-refractivity contribution in [1.82, 2.24) is 5.32 Å². The Balaban J connectivity index is 1.83. The SMILES string of the molecule is COc1ccc(S(=O)(=O)N(CC(=O)NCc2ccc(OC)c(OC)c2)c2cccc(Cl)c2)cc1. The van der Waals surface area contributed by atoms with E-state index in [-0.39, 0.29) is 17.1 Å². The van der Waals surface area contributed by atoms with Crippen LogP contribution in [0.5, 0.6) is 17.2 Å². The molecule has 0 heterocycles. The molecule has 0 fully saturated rings. The first-order valence-corrected chi connectivity index (χ1v) is 12.0. The van der Waals surface area contributed by atoms with Crippen molar-refractivity contribution >= 4 is 33.2 Å². The van der Waals surface area contributed by atoms with Crippen LogP contribution in [-0.2, 0) is 21.4 Å². The number of sulfonamides is 1. The molecule has 0 aliphatic rings. The minimum Gasteiger partial charge on any atom is -0.497 e. The van der Waals surface area contributed by atoms with Crippen LogP contribution < -0.4 is 23.8 Å². The molecule has 8 nitrogen and oxygen atoms in total. The molecule has 1 amide bonds. The van der Waals surface area contributed by atoms with Crippen molar-refractivity contribution in [3.8, 4) is 17.2 Å². The van der Waals surface area contributed by atoms with Crippen molar-refractivity contribution < 1.29 is 27.4 Å². The van der Waals surface area contributed by atoms with Gasteiger partial charge in [-0.3, -0.25) is 9.10 Å². The van der Waals surface area contributed by atoms with E-state index < -0.39 is 22.5 Å². The maximum atomic E-state index is 13.4. The van der Waals surface area contributed by atoms with Crippen molar-refractivity contribution in [2.45, 2.75) is 11.4 Å². The number of amides is 1. The largest absolute Gasteiger partial charge is 0.497 e. The van der Waals surface area contributed by atoms with Crippen molar-refractivity contribution in [2.75, 3.05) is 32.2 Å². The first kappa shape index (κ1) is 25.2. The molecule has 0 unspecified atom stereocenters. The predicted octanol–water partition coefficient (Wildman–Crippen LogP) is 3.88. The summed E-state index contributed by atoms with van der Waals surface area (Å²) < 4.78 is 43.5. The van der Waals surface area contributed by atoms with Gasteiger partial charge in [0.2, 0.25) is 5.91 Å². The van der Waals surface area contributed by atoms with Gasteiger partial charge < -0.3 is 19.5 Å². The third-order valence-electron chi connectivity index (χ3n) is 4.97. The highest BCUT2D eigenvalue weighted by Gasteiger charge is 2.27. The summed E-state index contributed by atoms with van der Waals surface area (Å²) in [6.45, 7) is -0.271.